The van der Waals surface area contributed by atoms with Gasteiger partial charge in [-0.2, -0.15) is 0 Å². The summed E-state index contributed by atoms with van der Waals surface area (Å²) in [6, 6.07) is 14.4. The maximum atomic E-state index is 12.1. The molecule has 6 nitrogen and oxygen atoms in total. The second-order valence-electron chi connectivity index (χ2n) is 7.54. The molecule has 0 saturated heterocycles. The molecule has 0 aliphatic rings. The van der Waals surface area contributed by atoms with Crippen LogP contribution in [0.5, 0.6) is 5.75 Å². The number of nitrogens with one attached hydrogen (secondary N) is 1. The number of ketones is 1. The number of ether oxygens (including phenoxy) is 2. The first kappa shape index (κ1) is 23.1. The van der Waals surface area contributed by atoms with Crippen molar-refractivity contribution in [2.75, 3.05) is 13.2 Å². The number of carbonyl (C=O) groups excluding carboxylic acids is 3. The van der Waals surface area contributed by atoms with Crippen molar-refractivity contribution in [2.24, 2.45) is 0 Å². The van der Waals surface area contributed by atoms with Gasteiger partial charge in [0, 0.05) is 0 Å². The first-order valence-electron chi connectivity index (χ1n) is 9.99. The van der Waals surface area contributed by atoms with E-state index in [-0.39, 0.29) is 12.4 Å². The zero-order valence-electron chi connectivity index (χ0n) is 17.9. The zero-order chi connectivity index (χ0) is 22.1. The third-order valence-corrected chi connectivity index (χ3v) is 4.69. The molecule has 160 valence electrons. The highest BCUT2D eigenvalue weighted by molar-refractivity contribution is 5.88. The molecule has 0 saturated carbocycles. The van der Waals surface area contributed by atoms with Crippen LogP contribution >= 0.6 is 0 Å². The van der Waals surface area contributed by atoms with Gasteiger partial charge in [-0.15, -0.1) is 0 Å². The summed E-state index contributed by atoms with van der Waals surface area (Å²) in [6.45, 7) is 6.87. The zero-order valence-corrected chi connectivity index (χ0v) is 17.9. The van der Waals surface area contributed by atoms with Crippen LogP contribution in [0.1, 0.15) is 43.4 Å². The summed E-state index contributed by atoms with van der Waals surface area (Å²) in [5.74, 6) is -0.377. The third kappa shape index (κ3) is 7.35. The highest BCUT2D eigenvalue weighted by Crippen LogP contribution is 2.23. The molecule has 2 rings (SSSR count). The van der Waals surface area contributed by atoms with Gasteiger partial charge in [0.05, 0.1) is 6.04 Å². The second-order valence-corrected chi connectivity index (χ2v) is 7.54. The molecular weight excluding hydrogens is 382 g/mol. The van der Waals surface area contributed by atoms with E-state index in [2.05, 4.69) is 19.2 Å². The van der Waals surface area contributed by atoms with Crippen LogP contribution in [-0.4, -0.2) is 36.9 Å². The Morgan fingerprint density at radius 2 is 1.70 bits per heavy atom. The predicted molar refractivity (Wildman–Crippen MR) is 114 cm³/mol. The maximum Gasteiger partial charge on any atom is 0.344 e. The smallest absolute Gasteiger partial charge is 0.344 e. The van der Waals surface area contributed by atoms with Crippen molar-refractivity contribution in [1.29, 1.82) is 0 Å². The Balaban J connectivity index is 1.78. The van der Waals surface area contributed by atoms with E-state index < -0.39 is 24.5 Å². The molecule has 0 aliphatic carbocycles. The molecule has 0 aromatic heterocycles. The van der Waals surface area contributed by atoms with Gasteiger partial charge in [-0.3, -0.25) is 9.59 Å². The molecule has 0 spiro atoms. The Bertz CT molecular complexity index is 876. The van der Waals surface area contributed by atoms with Crippen molar-refractivity contribution in [3.05, 3.63) is 65.2 Å². The summed E-state index contributed by atoms with van der Waals surface area (Å²) in [5, 5.41) is 2.61. The number of carbonyl (C=O) groups is 3. The Labute approximate surface area is 177 Å². The largest absolute Gasteiger partial charge is 0.482 e. The molecule has 1 atom stereocenters. The van der Waals surface area contributed by atoms with Crippen molar-refractivity contribution in [1.82, 2.24) is 5.32 Å². The maximum absolute atomic E-state index is 12.1. The summed E-state index contributed by atoms with van der Waals surface area (Å²) in [4.78, 5) is 35.8. The van der Waals surface area contributed by atoms with E-state index in [1.54, 1.807) is 0 Å². The number of benzene rings is 2. The summed E-state index contributed by atoms with van der Waals surface area (Å²) < 4.78 is 10.4. The molecule has 1 N–H and O–H groups in total. The summed E-state index contributed by atoms with van der Waals surface area (Å²) >= 11 is 0. The van der Waals surface area contributed by atoms with Gasteiger partial charge in [0.2, 0.25) is 0 Å². The Kier molecular flexibility index (Phi) is 8.59. The van der Waals surface area contributed by atoms with E-state index in [1.807, 2.05) is 55.5 Å². The molecule has 2 aromatic rings. The number of aryl methyl sites for hydroxylation is 1. The third-order valence-electron chi connectivity index (χ3n) is 4.69. The Hall–Kier alpha value is -3.15. The minimum atomic E-state index is -0.669. The van der Waals surface area contributed by atoms with Crippen LogP contribution in [0.25, 0.3) is 0 Å². The quantitative estimate of drug-likeness (QED) is 0.607. The second kappa shape index (κ2) is 11.1. The average molecular weight is 411 g/mol. The van der Waals surface area contributed by atoms with Crippen LogP contribution in [0.15, 0.2) is 48.5 Å². The van der Waals surface area contributed by atoms with E-state index in [0.29, 0.717) is 18.1 Å². The van der Waals surface area contributed by atoms with Gasteiger partial charge in [0.15, 0.2) is 19.0 Å². The monoisotopic (exact) mass is 411 g/mol. The van der Waals surface area contributed by atoms with Crippen molar-refractivity contribution in [3.8, 4) is 5.75 Å². The lowest BCUT2D eigenvalue weighted by Crippen LogP contribution is -2.43. The minimum Gasteiger partial charge on any atom is -0.482 e. The van der Waals surface area contributed by atoms with E-state index >= 15 is 0 Å². The SMILES string of the molecule is CC(=O)[C@@H](Cc1ccccc1)NC(=O)COC(=O)COc1ccc(C(C)C)c(C)c1. The first-order chi connectivity index (χ1) is 14.3. The van der Waals surface area contributed by atoms with E-state index in [9.17, 15) is 14.4 Å². The topological polar surface area (TPSA) is 81.7 Å². The summed E-state index contributed by atoms with van der Waals surface area (Å²) in [7, 11) is 0. The number of rotatable bonds is 10. The van der Waals surface area contributed by atoms with Crippen molar-refractivity contribution >= 4 is 17.7 Å². The van der Waals surface area contributed by atoms with Crippen LogP contribution in [0.3, 0.4) is 0 Å². The normalized spacial score (nSPS) is 11.6. The van der Waals surface area contributed by atoms with Crippen molar-refractivity contribution in [3.63, 3.8) is 0 Å². The fourth-order valence-electron chi connectivity index (χ4n) is 3.10. The van der Waals surface area contributed by atoms with Crippen LogP contribution < -0.4 is 10.1 Å². The van der Waals surface area contributed by atoms with Gasteiger partial charge in [-0.1, -0.05) is 50.2 Å². The van der Waals surface area contributed by atoms with Crippen molar-refractivity contribution in [2.45, 2.75) is 46.1 Å². The van der Waals surface area contributed by atoms with E-state index in [0.717, 1.165) is 11.1 Å². The van der Waals surface area contributed by atoms with Gasteiger partial charge in [-0.25, -0.2) is 4.79 Å². The fraction of sp³-hybridized carbons (Fsp3) is 0.375. The Morgan fingerprint density at radius 3 is 2.30 bits per heavy atom. The molecule has 2 aromatic carbocycles. The van der Waals surface area contributed by atoms with Crippen LogP contribution in [-0.2, 0) is 25.5 Å². The lowest BCUT2D eigenvalue weighted by atomic mass is 9.98. The van der Waals surface area contributed by atoms with Gasteiger partial charge < -0.3 is 14.8 Å². The molecule has 0 fully saturated rings. The number of hydrogen-bond donors (Lipinski definition) is 1. The van der Waals surface area contributed by atoms with Gasteiger partial charge in [0.1, 0.15) is 5.75 Å². The van der Waals surface area contributed by atoms with E-state index in [1.165, 1.54) is 12.5 Å². The van der Waals surface area contributed by atoms with Gasteiger partial charge in [-0.05, 0) is 55.0 Å². The molecule has 0 unspecified atom stereocenters. The summed E-state index contributed by atoms with van der Waals surface area (Å²) in [5.41, 5.74) is 3.24. The minimum absolute atomic E-state index is 0.165. The van der Waals surface area contributed by atoms with Gasteiger partial charge in [0.25, 0.3) is 5.91 Å². The Morgan fingerprint density at radius 1 is 1.00 bits per heavy atom. The molecule has 6 heteroatoms. The lowest BCUT2D eigenvalue weighted by Gasteiger charge is -2.16. The molecular formula is C24H29NO5. The van der Waals surface area contributed by atoms with Crippen LogP contribution in [0.2, 0.25) is 0 Å². The number of Topliss-reactive ketones (excluding diaryl/α,β-unsaturated/α-hetero) is 1. The molecule has 0 aliphatic heterocycles. The lowest BCUT2D eigenvalue weighted by molar-refractivity contribution is -0.150. The van der Waals surface area contributed by atoms with Gasteiger partial charge >= 0.3 is 5.97 Å². The molecule has 1 amide bonds. The predicted octanol–water partition coefficient (Wildman–Crippen LogP) is 3.36. The average Bonchev–Trinajstić information content (AvgIpc) is 2.70. The standard InChI is InChI=1S/C24H29NO5/c1-16(2)21-11-10-20(12-17(21)3)29-15-24(28)30-14-23(27)25-22(18(4)26)13-19-8-6-5-7-9-19/h5-12,16,22H,13-15H2,1-4H3,(H,25,27)/t22-/m1/s1. The highest BCUT2D eigenvalue weighted by Gasteiger charge is 2.18. The van der Waals surface area contributed by atoms with Crippen molar-refractivity contribution < 1.29 is 23.9 Å². The first-order valence-corrected chi connectivity index (χ1v) is 9.99. The summed E-state index contributed by atoms with van der Waals surface area (Å²) in [6.07, 6.45) is 0.380. The number of amides is 1. The molecule has 0 bridgehead atoms. The molecule has 30 heavy (non-hydrogen) atoms. The fourth-order valence-corrected chi connectivity index (χ4v) is 3.10. The number of esters is 1. The van der Waals surface area contributed by atoms with E-state index in [4.69, 9.17) is 9.47 Å². The van der Waals surface area contributed by atoms with Crippen LogP contribution in [0, 0.1) is 6.92 Å². The molecule has 0 radical (unpaired) electrons. The number of hydrogen-bond acceptors (Lipinski definition) is 5. The van der Waals surface area contributed by atoms with Crippen LogP contribution in [0.4, 0.5) is 0 Å². The molecule has 0 heterocycles. The highest BCUT2D eigenvalue weighted by atomic mass is 16.6.